The molecule has 0 aliphatic carbocycles. The molecule has 1 N–H and O–H groups in total. The largest absolute Gasteiger partial charge is 0.481 e. The van der Waals surface area contributed by atoms with Gasteiger partial charge in [-0.1, -0.05) is 57.2 Å². The lowest BCUT2D eigenvalue weighted by atomic mass is 10.1. The van der Waals surface area contributed by atoms with Gasteiger partial charge >= 0.3 is 5.97 Å². The van der Waals surface area contributed by atoms with E-state index >= 15 is 0 Å². The summed E-state index contributed by atoms with van der Waals surface area (Å²) in [4.78, 5) is 20.6. The summed E-state index contributed by atoms with van der Waals surface area (Å²) in [5, 5.41) is 8.32. The molecular formula is C19H27FO3. The van der Waals surface area contributed by atoms with Crippen LogP contribution >= 0.6 is 0 Å². The lowest BCUT2D eigenvalue weighted by Crippen LogP contribution is -1.93. The van der Waals surface area contributed by atoms with Gasteiger partial charge in [-0.3, -0.25) is 9.59 Å². The average Bonchev–Trinajstić information content (AvgIpc) is 2.50. The van der Waals surface area contributed by atoms with Gasteiger partial charge in [0, 0.05) is 12.0 Å². The van der Waals surface area contributed by atoms with Crippen LogP contribution in [0.4, 0.5) is 4.39 Å². The van der Waals surface area contributed by atoms with E-state index < -0.39 is 5.97 Å². The van der Waals surface area contributed by atoms with Gasteiger partial charge in [-0.25, -0.2) is 4.39 Å². The molecule has 0 bridgehead atoms. The van der Waals surface area contributed by atoms with Crippen LogP contribution in [0.25, 0.3) is 6.08 Å². The number of hydrogen-bond donors (Lipinski definition) is 1. The van der Waals surface area contributed by atoms with E-state index in [0.29, 0.717) is 12.0 Å². The maximum Gasteiger partial charge on any atom is 0.303 e. The third kappa shape index (κ3) is 13.4. The standard InChI is InChI=1S/C10H9FO.C9H18O2/c1-8(12)6-7-9-4-2-3-5-10(9)11;1-2-3-4-5-6-7-8-9(10)11/h2-7H,1H3;2-8H2,1H3,(H,10,11)/b7-6+;. The third-order valence-electron chi connectivity index (χ3n) is 3.15. The summed E-state index contributed by atoms with van der Waals surface area (Å²) in [5.41, 5.74) is 0.438. The number of unbranched alkanes of at least 4 members (excludes halogenated alkanes) is 5. The van der Waals surface area contributed by atoms with Gasteiger partial charge in [0.05, 0.1) is 0 Å². The van der Waals surface area contributed by atoms with Gasteiger partial charge in [-0.05, 0) is 31.6 Å². The second-order valence-corrected chi connectivity index (χ2v) is 5.38. The van der Waals surface area contributed by atoms with Crippen molar-refractivity contribution in [3.8, 4) is 0 Å². The monoisotopic (exact) mass is 322 g/mol. The summed E-state index contributed by atoms with van der Waals surface area (Å²) in [6, 6.07) is 6.32. The fourth-order valence-electron chi connectivity index (χ4n) is 1.87. The van der Waals surface area contributed by atoms with Crippen LogP contribution in [0.3, 0.4) is 0 Å². The molecule has 4 heteroatoms. The van der Waals surface area contributed by atoms with E-state index in [1.54, 1.807) is 18.2 Å². The van der Waals surface area contributed by atoms with Crippen molar-refractivity contribution in [2.24, 2.45) is 0 Å². The number of rotatable bonds is 9. The van der Waals surface area contributed by atoms with Crippen molar-refractivity contribution in [2.45, 2.75) is 58.8 Å². The molecule has 0 aliphatic heterocycles. The molecule has 0 saturated carbocycles. The van der Waals surface area contributed by atoms with Gasteiger partial charge < -0.3 is 5.11 Å². The number of hydrogen-bond acceptors (Lipinski definition) is 2. The van der Waals surface area contributed by atoms with Gasteiger partial charge in [0.1, 0.15) is 5.82 Å². The number of halogens is 1. The molecular weight excluding hydrogens is 295 g/mol. The summed E-state index contributed by atoms with van der Waals surface area (Å²) in [5.74, 6) is -1.06. The van der Waals surface area contributed by atoms with Crippen LogP contribution in [-0.4, -0.2) is 16.9 Å². The number of carboxylic acid groups (broad SMARTS) is 1. The van der Waals surface area contributed by atoms with Gasteiger partial charge in [-0.2, -0.15) is 0 Å². The minimum atomic E-state index is -0.666. The Balaban J connectivity index is 0.000000423. The molecule has 3 nitrogen and oxygen atoms in total. The van der Waals surface area contributed by atoms with Crippen LogP contribution in [0.2, 0.25) is 0 Å². The number of aliphatic carboxylic acids is 1. The van der Waals surface area contributed by atoms with Crippen molar-refractivity contribution in [1.82, 2.24) is 0 Å². The molecule has 0 aliphatic rings. The first-order chi connectivity index (χ1) is 11.0. The molecule has 0 amide bonds. The molecule has 1 aromatic rings. The van der Waals surface area contributed by atoms with E-state index in [-0.39, 0.29) is 11.6 Å². The van der Waals surface area contributed by atoms with E-state index in [9.17, 15) is 14.0 Å². The molecule has 1 rings (SSSR count). The summed E-state index contributed by atoms with van der Waals surface area (Å²) in [6.07, 6.45) is 10.1. The molecule has 23 heavy (non-hydrogen) atoms. The van der Waals surface area contributed by atoms with Crippen molar-refractivity contribution >= 4 is 17.8 Å². The van der Waals surface area contributed by atoms with Crippen molar-refractivity contribution in [1.29, 1.82) is 0 Å². The SMILES string of the molecule is CC(=O)/C=C/c1ccccc1F.CCCCCCCCC(=O)O. The van der Waals surface area contributed by atoms with Crippen molar-refractivity contribution in [3.63, 3.8) is 0 Å². The Bertz CT molecular complexity index is 495. The predicted octanol–water partition coefficient (Wildman–Crippen LogP) is 5.25. The molecule has 0 fully saturated rings. The van der Waals surface area contributed by atoms with E-state index in [0.717, 1.165) is 12.8 Å². The number of carbonyl (C=O) groups is 2. The zero-order chi connectivity index (χ0) is 17.5. The highest BCUT2D eigenvalue weighted by molar-refractivity contribution is 5.91. The molecule has 0 unspecified atom stereocenters. The highest BCUT2D eigenvalue weighted by Crippen LogP contribution is 2.08. The predicted molar refractivity (Wildman–Crippen MR) is 91.7 cm³/mol. The molecule has 0 atom stereocenters. The van der Waals surface area contributed by atoms with Gasteiger partial charge in [0.15, 0.2) is 5.78 Å². The quantitative estimate of drug-likeness (QED) is 0.499. The average molecular weight is 322 g/mol. The first-order valence-electron chi connectivity index (χ1n) is 8.12. The first-order valence-corrected chi connectivity index (χ1v) is 8.12. The van der Waals surface area contributed by atoms with Crippen LogP contribution in [0.1, 0.15) is 64.4 Å². The summed E-state index contributed by atoms with van der Waals surface area (Å²) < 4.78 is 12.9. The maximum absolute atomic E-state index is 12.9. The van der Waals surface area contributed by atoms with Crippen LogP contribution < -0.4 is 0 Å². The Kier molecular flexibility index (Phi) is 12.5. The lowest BCUT2D eigenvalue weighted by Gasteiger charge is -1.97. The number of benzene rings is 1. The number of carbonyl (C=O) groups excluding carboxylic acids is 1. The smallest absolute Gasteiger partial charge is 0.303 e. The number of allylic oxidation sites excluding steroid dienone is 1. The zero-order valence-electron chi connectivity index (χ0n) is 14.1. The summed E-state index contributed by atoms with van der Waals surface area (Å²) in [7, 11) is 0. The topological polar surface area (TPSA) is 54.4 Å². The minimum Gasteiger partial charge on any atom is -0.481 e. The van der Waals surface area contributed by atoms with E-state index in [1.165, 1.54) is 50.8 Å². The molecule has 128 valence electrons. The Labute approximate surface area is 138 Å². The van der Waals surface area contributed by atoms with Crippen molar-refractivity contribution < 1.29 is 19.1 Å². The number of ketones is 1. The van der Waals surface area contributed by atoms with E-state index in [1.807, 2.05) is 0 Å². The van der Waals surface area contributed by atoms with Crippen LogP contribution in [0, 0.1) is 5.82 Å². The molecule has 0 saturated heterocycles. The van der Waals surface area contributed by atoms with Crippen molar-refractivity contribution in [3.05, 3.63) is 41.7 Å². The van der Waals surface area contributed by atoms with Gasteiger partial charge in [0.2, 0.25) is 0 Å². The van der Waals surface area contributed by atoms with Crippen molar-refractivity contribution in [2.75, 3.05) is 0 Å². The zero-order valence-corrected chi connectivity index (χ0v) is 14.1. The molecule has 0 aromatic heterocycles. The normalized spacial score (nSPS) is 10.2. The Morgan fingerprint density at radius 3 is 2.26 bits per heavy atom. The number of carboxylic acids is 1. The maximum atomic E-state index is 12.9. The molecule has 0 spiro atoms. The Morgan fingerprint density at radius 1 is 1.09 bits per heavy atom. The van der Waals surface area contributed by atoms with E-state index in [2.05, 4.69) is 6.92 Å². The fraction of sp³-hybridized carbons (Fsp3) is 0.474. The van der Waals surface area contributed by atoms with Crippen LogP contribution in [-0.2, 0) is 9.59 Å². The van der Waals surface area contributed by atoms with E-state index in [4.69, 9.17) is 5.11 Å². The highest BCUT2D eigenvalue weighted by Gasteiger charge is 1.95. The summed E-state index contributed by atoms with van der Waals surface area (Å²) in [6.45, 7) is 3.61. The fourth-order valence-corrected chi connectivity index (χ4v) is 1.87. The summed E-state index contributed by atoms with van der Waals surface area (Å²) >= 11 is 0. The second-order valence-electron chi connectivity index (χ2n) is 5.38. The first kappa shape index (κ1) is 21.0. The molecule has 0 heterocycles. The van der Waals surface area contributed by atoms with Gasteiger partial charge in [0.25, 0.3) is 0 Å². The molecule has 0 radical (unpaired) electrons. The third-order valence-corrected chi connectivity index (χ3v) is 3.15. The van der Waals surface area contributed by atoms with Crippen LogP contribution in [0.5, 0.6) is 0 Å². The van der Waals surface area contributed by atoms with Crippen LogP contribution in [0.15, 0.2) is 30.3 Å². The minimum absolute atomic E-state index is 0.0850. The second kappa shape index (κ2) is 13.7. The Morgan fingerprint density at radius 2 is 1.70 bits per heavy atom. The molecule has 1 aromatic carbocycles. The lowest BCUT2D eigenvalue weighted by molar-refractivity contribution is -0.137. The Hall–Kier alpha value is -1.97. The highest BCUT2D eigenvalue weighted by atomic mass is 19.1. The van der Waals surface area contributed by atoms with Gasteiger partial charge in [-0.15, -0.1) is 0 Å².